The number of carbonyl (C=O) groups excluding carboxylic acids is 4. The number of likely N-dealkylation sites (N-methyl/N-ethyl adjacent to an activating group) is 1. The van der Waals surface area contributed by atoms with Crippen LogP contribution >= 0.6 is 0 Å². The van der Waals surface area contributed by atoms with Crippen LogP contribution in [-0.2, 0) is 19.8 Å². The summed E-state index contributed by atoms with van der Waals surface area (Å²) in [5.74, 6) is -0.372. The van der Waals surface area contributed by atoms with Gasteiger partial charge < -0.3 is 25.0 Å². The van der Waals surface area contributed by atoms with E-state index in [0.29, 0.717) is 29.2 Å². The van der Waals surface area contributed by atoms with Crippen molar-refractivity contribution in [3.8, 4) is 11.5 Å². The first-order valence-corrected chi connectivity index (χ1v) is 16.4. The monoisotopic (exact) mass is 641 g/mol. The van der Waals surface area contributed by atoms with Crippen molar-refractivity contribution in [3.05, 3.63) is 65.0 Å². The van der Waals surface area contributed by atoms with Crippen LogP contribution in [0.15, 0.2) is 42.5 Å². The molecule has 0 radical (unpaired) electrons. The molecule has 11 nitrogen and oxygen atoms in total. The van der Waals surface area contributed by atoms with Gasteiger partial charge in [-0.2, -0.15) is 0 Å². The van der Waals surface area contributed by atoms with Crippen LogP contribution in [0.4, 0.5) is 5.69 Å². The topological polar surface area (TPSA) is 122 Å². The van der Waals surface area contributed by atoms with Crippen LogP contribution in [0, 0.1) is 12.0 Å². The average molecular weight is 642 g/mol. The van der Waals surface area contributed by atoms with Crippen molar-refractivity contribution in [1.82, 2.24) is 15.1 Å². The summed E-state index contributed by atoms with van der Waals surface area (Å²) in [5, 5.41) is 5.71. The summed E-state index contributed by atoms with van der Waals surface area (Å²) < 4.78 is 12.0. The van der Waals surface area contributed by atoms with Gasteiger partial charge >= 0.3 is 6.17 Å². The van der Waals surface area contributed by atoms with Crippen LogP contribution in [-0.4, -0.2) is 77.5 Å². The molecule has 2 aromatic rings. The Morgan fingerprint density at radius 3 is 2.38 bits per heavy atom. The highest BCUT2D eigenvalue weighted by atomic mass is 16.5. The quantitative estimate of drug-likeness (QED) is 0.368. The Hall–Kier alpha value is -4.59. The second-order valence-electron chi connectivity index (χ2n) is 14.6. The molecule has 6 rings (SSSR count). The Balaban J connectivity index is 1.19. The van der Waals surface area contributed by atoms with Gasteiger partial charge in [-0.25, -0.2) is 6.57 Å². The smallest absolute Gasteiger partial charge is 0.302 e. The molecule has 1 spiro atoms. The van der Waals surface area contributed by atoms with Gasteiger partial charge in [-0.15, -0.1) is 0 Å². The number of nitrogens with one attached hydrogen (secondary N) is 2. The standard InChI is InChI=1S/C36H43N5O6/c1-21(38-31(42)22-11-16-28(46-23-12-13-23)29(17-22)47-24-14-15-24)32(43)40(6)27(18-35(2,3)4)33(44)41-20-36(19-30(41)37-5)25-9-7-8-10-26(25)39-34(36)45/h7-11,16-17,21,23-24,27,30H,12-15,18-20H2,1-4,6H3,(H,38,42)(H,39,45)/t21-,27-,30-,36-/m0/s1. The number of ether oxygens (including phenoxy) is 2. The molecule has 2 aromatic carbocycles. The maximum atomic E-state index is 14.4. The van der Waals surface area contributed by atoms with E-state index in [-0.39, 0.29) is 36.5 Å². The fourth-order valence-corrected chi connectivity index (χ4v) is 6.49. The van der Waals surface area contributed by atoms with Crippen LogP contribution in [0.2, 0.25) is 0 Å². The summed E-state index contributed by atoms with van der Waals surface area (Å²) in [7, 11) is 1.56. The highest BCUT2D eigenvalue weighted by Gasteiger charge is 2.59. The molecule has 2 N–H and O–H groups in total. The predicted octanol–water partition coefficient (Wildman–Crippen LogP) is 4.52. The molecule has 2 aliphatic carbocycles. The number of amides is 4. The average Bonchev–Trinajstić information content (AvgIpc) is 3.97. The predicted molar refractivity (Wildman–Crippen MR) is 175 cm³/mol. The summed E-state index contributed by atoms with van der Waals surface area (Å²) in [6.45, 7) is 15.5. The summed E-state index contributed by atoms with van der Waals surface area (Å²) >= 11 is 0. The summed E-state index contributed by atoms with van der Waals surface area (Å²) in [5.41, 5.74) is 0.422. The normalized spacial score (nSPS) is 22.9. The number of benzene rings is 2. The number of hydrogen-bond acceptors (Lipinski definition) is 6. The second kappa shape index (κ2) is 12.2. The van der Waals surface area contributed by atoms with Crippen LogP contribution < -0.4 is 20.1 Å². The van der Waals surface area contributed by atoms with E-state index in [2.05, 4.69) is 15.5 Å². The lowest BCUT2D eigenvalue weighted by atomic mass is 9.80. The largest absolute Gasteiger partial charge is 0.487 e. The van der Waals surface area contributed by atoms with E-state index in [1.807, 2.05) is 45.0 Å². The van der Waals surface area contributed by atoms with Crippen molar-refractivity contribution in [2.24, 2.45) is 5.41 Å². The maximum absolute atomic E-state index is 14.4. The van der Waals surface area contributed by atoms with Crippen molar-refractivity contribution in [3.63, 3.8) is 0 Å². The molecule has 4 atom stereocenters. The number of hydrogen-bond donors (Lipinski definition) is 2. The first kappa shape index (κ1) is 32.4. The highest BCUT2D eigenvalue weighted by Crippen LogP contribution is 2.47. The van der Waals surface area contributed by atoms with Gasteiger partial charge in [-0.1, -0.05) is 39.0 Å². The minimum absolute atomic E-state index is 0.0441. The molecule has 2 saturated carbocycles. The summed E-state index contributed by atoms with van der Waals surface area (Å²) in [4.78, 5) is 61.5. The highest BCUT2D eigenvalue weighted by molar-refractivity contribution is 6.07. The number of nitrogens with zero attached hydrogens (tertiary/aromatic N) is 3. The Morgan fingerprint density at radius 2 is 1.74 bits per heavy atom. The van der Waals surface area contributed by atoms with E-state index in [9.17, 15) is 19.2 Å². The molecule has 0 aromatic heterocycles. The third-order valence-electron chi connectivity index (χ3n) is 9.35. The minimum Gasteiger partial charge on any atom is -0.487 e. The number of carbonyl (C=O) groups is 4. The molecule has 1 saturated heterocycles. The molecule has 4 aliphatic rings. The molecule has 47 heavy (non-hydrogen) atoms. The van der Waals surface area contributed by atoms with Crippen LogP contribution in [0.3, 0.4) is 0 Å². The Kier molecular flexibility index (Phi) is 8.41. The molecule has 3 fully saturated rings. The lowest BCUT2D eigenvalue weighted by Crippen LogP contribution is -2.56. The molecule has 4 amide bonds. The van der Waals surface area contributed by atoms with Gasteiger partial charge in [-0.3, -0.25) is 28.9 Å². The van der Waals surface area contributed by atoms with Gasteiger partial charge in [0.15, 0.2) is 11.5 Å². The number of anilines is 1. The Labute approximate surface area is 275 Å². The van der Waals surface area contributed by atoms with Gasteiger partial charge in [0.1, 0.15) is 17.5 Å². The van der Waals surface area contributed by atoms with E-state index < -0.39 is 41.4 Å². The van der Waals surface area contributed by atoms with Crippen LogP contribution in [0.5, 0.6) is 11.5 Å². The zero-order valence-electron chi connectivity index (χ0n) is 27.7. The molecular weight excluding hydrogens is 598 g/mol. The third-order valence-corrected chi connectivity index (χ3v) is 9.35. The molecule has 11 heteroatoms. The van der Waals surface area contributed by atoms with Crippen molar-refractivity contribution in [2.45, 2.75) is 102 Å². The van der Waals surface area contributed by atoms with E-state index in [0.717, 1.165) is 31.2 Å². The molecule has 248 valence electrons. The lowest BCUT2D eigenvalue weighted by molar-refractivity contribution is -0.146. The van der Waals surface area contributed by atoms with Crippen molar-refractivity contribution in [2.75, 3.05) is 18.9 Å². The van der Waals surface area contributed by atoms with Crippen molar-refractivity contribution in [1.29, 1.82) is 0 Å². The minimum atomic E-state index is -1.03. The van der Waals surface area contributed by atoms with Gasteiger partial charge in [0.25, 0.3) is 11.8 Å². The lowest BCUT2D eigenvalue weighted by Gasteiger charge is -2.36. The molecule has 0 unspecified atom stereocenters. The van der Waals surface area contributed by atoms with Gasteiger partial charge in [-0.05, 0) is 74.3 Å². The second-order valence-corrected chi connectivity index (χ2v) is 14.6. The molecule has 2 aliphatic heterocycles. The molecular formula is C36H43N5O6. The summed E-state index contributed by atoms with van der Waals surface area (Å²) in [6.07, 6.45) is 3.84. The first-order chi connectivity index (χ1) is 22.3. The number of rotatable bonds is 10. The van der Waals surface area contributed by atoms with Gasteiger partial charge in [0.2, 0.25) is 11.8 Å². The maximum Gasteiger partial charge on any atom is 0.302 e. The number of para-hydroxylation sites is 1. The van der Waals surface area contributed by atoms with E-state index in [1.54, 1.807) is 32.2 Å². The van der Waals surface area contributed by atoms with E-state index in [1.165, 1.54) is 9.80 Å². The fourth-order valence-electron chi connectivity index (χ4n) is 6.49. The van der Waals surface area contributed by atoms with E-state index >= 15 is 0 Å². The first-order valence-electron chi connectivity index (χ1n) is 16.4. The van der Waals surface area contributed by atoms with Crippen molar-refractivity contribution >= 4 is 29.3 Å². The SMILES string of the molecule is [C-]#[N+][C@@H]1C[C@@]2(CN1C(=O)[C@H](CC(C)(C)C)N(C)C(=O)[C@H](C)NC(=O)c1ccc(OC3CC3)c(OC3CC3)c1)C(=O)Nc1ccccc12. The van der Waals surface area contributed by atoms with Crippen LogP contribution in [0.25, 0.3) is 4.85 Å². The fraction of sp³-hybridized carbons (Fsp3) is 0.528. The molecule has 0 bridgehead atoms. The van der Waals surface area contributed by atoms with Gasteiger partial charge in [0.05, 0.1) is 18.6 Å². The molecule has 2 heterocycles. The van der Waals surface area contributed by atoms with Gasteiger partial charge in [0, 0.05) is 24.8 Å². The Bertz CT molecular complexity index is 1640. The van der Waals surface area contributed by atoms with E-state index in [4.69, 9.17) is 16.0 Å². The third kappa shape index (κ3) is 6.64. The number of fused-ring (bicyclic) bond motifs is 2. The zero-order valence-corrected chi connectivity index (χ0v) is 27.7. The summed E-state index contributed by atoms with van der Waals surface area (Å²) in [6, 6.07) is 10.5. The number of likely N-dealkylation sites (tertiary alicyclic amines) is 1. The van der Waals surface area contributed by atoms with Crippen molar-refractivity contribution < 1.29 is 28.7 Å². The van der Waals surface area contributed by atoms with Crippen LogP contribution in [0.1, 0.15) is 82.1 Å². The Morgan fingerprint density at radius 1 is 1.09 bits per heavy atom. The zero-order chi connectivity index (χ0) is 33.7.